The summed E-state index contributed by atoms with van der Waals surface area (Å²) in [4.78, 5) is 56.8. The maximum atomic E-state index is 13.4. The molecule has 3 amide bonds. The first kappa shape index (κ1) is 37.6. The molecule has 0 aliphatic carbocycles. The summed E-state index contributed by atoms with van der Waals surface area (Å²) in [5.74, 6) is -1.72. The van der Waals surface area contributed by atoms with Crippen LogP contribution in [0.1, 0.15) is 78.2 Å². The first-order chi connectivity index (χ1) is 22.1. The minimum atomic E-state index is -2.23. The molecule has 47 heavy (non-hydrogen) atoms. The van der Waals surface area contributed by atoms with Gasteiger partial charge < -0.3 is 19.8 Å². The molecule has 3 rings (SSSR count). The Balaban J connectivity index is 1.62. The second-order valence-electron chi connectivity index (χ2n) is 13.5. The molecule has 1 aliphatic heterocycles. The van der Waals surface area contributed by atoms with E-state index in [1.54, 1.807) is 38.3 Å². The van der Waals surface area contributed by atoms with Crippen LogP contribution in [0.25, 0.3) is 16.8 Å². The summed E-state index contributed by atoms with van der Waals surface area (Å²) in [6.45, 7) is 19.7. The van der Waals surface area contributed by atoms with Crippen LogP contribution in [0.5, 0.6) is 0 Å². The van der Waals surface area contributed by atoms with E-state index in [9.17, 15) is 19.2 Å². The number of aromatic nitrogens is 1. The number of carbonyl (C=O) groups excluding carboxylic acids is 4. The van der Waals surface area contributed by atoms with Crippen molar-refractivity contribution in [1.82, 2.24) is 26.1 Å². The molecule has 11 nitrogen and oxygen atoms in total. The lowest BCUT2D eigenvalue weighted by Crippen LogP contribution is -2.61. The molecule has 3 N–H and O–H groups in total. The Morgan fingerprint density at radius 1 is 1.15 bits per heavy atom. The number of nitrogens with zero attached hydrogens (tertiary/aromatic N) is 2. The van der Waals surface area contributed by atoms with Crippen LogP contribution in [0.3, 0.4) is 0 Å². The zero-order chi connectivity index (χ0) is 34.9. The number of ether oxygens (including phenoxy) is 1. The third-order valence-corrected chi connectivity index (χ3v) is 13.3. The van der Waals surface area contributed by atoms with Gasteiger partial charge in [0.05, 0.1) is 12.3 Å². The normalized spacial score (nSPS) is 17.5. The molecular weight excluding hydrogens is 614 g/mol. The monoisotopic (exact) mass is 665 g/mol. The molecule has 12 heteroatoms. The quantitative estimate of drug-likeness (QED) is 0.155. The maximum Gasteiger partial charge on any atom is 0.325 e. The third-order valence-electron chi connectivity index (χ3n) is 8.81. The van der Waals surface area contributed by atoms with Gasteiger partial charge >= 0.3 is 5.97 Å². The fourth-order valence-electron chi connectivity index (χ4n) is 4.76. The zero-order valence-electron chi connectivity index (χ0n) is 29.0. The van der Waals surface area contributed by atoms with E-state index in [4.69, 9.17) is 9.16 Å². The average molecular weight is 666 g/mol. The van der Waals surface area contributed by atoms with Crippen molar-refractivity contribution in [2.24, 2.45) is 0 Å². The summed E-state index contributed by atoms with van der Waals surface area (Å²) in [7, 11) is -2.23. The molecule has 0 spiro atoms. The van der Waals surface area contributed by atoms with Crippen molar-refractivity contribution in [1.29, 1.82) is 0 Å². The summed E-state index contributed by atoms with van der Waals surface area (Å²) >= 11 is 0. The number of pyridine rings is 1. The van der Waals surface area contributed by atoms with Crippen LogP contribution in [0.4, 0.5) is 0 Å². The number of hydrogen-bond donors (Lipinski definition) is 3. The summed E-state index contributed by atoms with van der Waals surface area (Å²) in [5.41, 5.74) is 4.58. The molecule has 4 atom stereocenters. The highest BCUT2D eigenvalue weighted by atomic mass is 28.4. The van der Waals surface area contributed by atoms with Gasteiger partial charge in [0.25, 0.3) is 5.91 Å². The molecular formula is C35H51N5O6Si. The largest absolute Gasteiger partial charge is 0.457 e. The zero-order valence-corrected chi connectivity index (χ0v) is 30.0. The molecule has 2 aromatic rings. The van der Waals surface area contributed by atoms with Crippen LogP contribution in [-0.2, 0) is 28.3 Å². The van der Waals surface area contributed by atoms with Gasteiger partial charge in [-0.1, -0.05) is 51.6 Å². The number of hydrazine groups is 1. The third kappa shape index (κ3) is 10.3. The number of fused-ring (bicyclic) bond motifs is 1. The van der Waals surface area contributed by atoms with E-state index in [0.29, 0.717) is 19.4 Å². The number of esters is 1. The van der Waals surface area contributed by atoms with E-state index in [1.807, 2.05) is 31.2 Å². The molecule has 0 unspecified atom stereocenters. The predicted octanol–water partition coefficient (Wildman–Crippen LogP) is 4.96. The van der Waals surface area contributed by atoms with Gasteiger partial charge in [0.1, 0.15) is 24.2 Å². The highest BCUT2D eigenvalue weighted by Gasteiger charge is 2.39. The number of amides is 3. The Labute approximate surface area is 279 Å². The number of benzene rings is 1. The Morgan fingerprint density at radius 2 is 1.87 bits per heavy atom. The van der Waals surface area contributed by atoms with Gasteiger partial charge in [0, 0.05) is 24.5 Å². The summed E-state index contributed by atoms with van der Waals surface area (Å²) in [6.07, 6.45) is 7.58. The van der Waals surface area contributed by atoms with Gasteiger partial charge in [-0.25, -0.2) is 5.43 Å². The maximum absolute atomic E-state index is 13.4. The molecule has 256 valence electrons. The van der Waals surface area contributed by atoms with Crippen LogP contribution in [-0.4, -0.2) is 73.3 Å². The molecule has 0 bridgehead atoms. The molecule has 1 aromatic carbocycles. The fraction of sp³-hybridized carbons (Fsp3) is 0.514. The second kappa shape index (κ2) is 16.3. The minimum absolute atomic E-state index is 0.0115. The van der Waals surface area contributed by atoms with Crippen molar-refractivity contribution in [3.63, 3.8) is 0 Å². The smallest absolute Gasteiger partial charge is 0.325 e. The Bertz CT molecular complexity index is 1490. The molecule has 1 aromatic heterocycles. The van der Waals surface area contributed by atoms with Gasteiger partial charge in [-0.2, -0.15) is 0 Å². The van der Waals surface area contributed by atoms with Crippen LogP contribution < -0.4 is 16.1 Å². The highest BCUT2D eigenvalue weighted by Crippen LogP contribution is 2.36. The minimum Gasteiger partial charge on any atom is -0.457 e. The molecule has 1 fully saturated rings. The molecule has 1 aliphatic rings. The Morgan fingerprint density at radius 3 is 2.53 bits per heavy atom. The predicted molar refractivity (Wildman–Crippen MR) is 186 cm³/mol. The summed E-state index contributed by atoms with van der Waals surface area (Å²) < 4.78 is 12.1. The van der Waals surface area contributed by atoms with Gasteiger partial charge in [0.15, 0.2) is 8.32 Å². The summed E-state index contributed by atoms with van der Waals surface area (Å²) in [6, 6.07) is 5.08. The lowest BCUT2D eigenvalue weighted by atomic mass is 10.0. The van der Waals surface area contributed by atoms with Crippen LogP contribution in [0, 0.1) is 0 Å². The van der Waals surface area contributed by atoms with E-state index in [2.05, 4.69) is 61.5 Å². The van der Waals surface area contributed by atoms with E-state index >= 15 is 0 Å². The van der Waals surface area contributed by atoms with Crippen molar-refractivity contribution in [3.8, 4) is 0 Å². The van der Waals surface area contributed by atoms with E-state index in [-0.39, 0.29) is 24.0 Å². The van der Waals surface area contributed by atoms with Crippen LogP contribution in [0.2, 0.25) is 18.1 Å². The number of rotatable bonds is 13. The Kier molecular flexibility index (Phi) is 13.0. The SMILES string of the molecule is C=Cc1cc2cc([C@@H](C)OC(=O)[C@@H]3CCCN(C(=O)[C@H](C)NC(=O)[C@H](CO[Si](C)(C)C(C)(C)C)NC(=O)C/C=C/C)N3)ccc2cn1. The van der Waals surface area contributed by atoms with Crippen LogP contribution in [0.15, 0.2) is 49.2 Å². The lowest BCUT2D eigenvalue weighted by molar-refractivity contribution is -0.157. The van der Waals surface area contributed by atoms with Crippen molar-refractivity contribution in [3.05, 3.63) is 60.5 Å². The average Bonchev–Trinajstić information content (AvgIpc) is 3.03. The van der Waals surface area contributed by atoms with Gasteiger partial charge in [0.2, 0.25) is 11.8 Å². The number of nitrogens with one attached hydrogen (secondary N) is 3. The van der Waals surface area contributed by atoms with Gasteiger partial charge in [-0.3, -0.25) is 29.2 Å². The van der Waals surface area contributed by atoms with Gasteiger partial charge in [-0.15, -0.1) is 0 Å². The molecule has 0 saturated carbocycles. The molecule has 0 radical (unpaired) electrons. The molecule has 1 saturated heterocycles. The first-order valence-electron chi connectivity index (χ1n) is 16.2. The topological polar surface area (TPSA) is 139 Å². The first-order valence-corrected chi connectivity index (χ1v) is 19.1. The number of hydrogen-bond acceptors (Lipinski definition) is 8. The molecule has 2 heterocycles. The van der Waals surface area contributed by atoms with Crippen LogP contribution >= 0.6 is 0 Å². The highest BCUT2D eigenvalue weighted by molar-refractivity contribution is 6.74. The number of carbonyl (C=O) groups is 4. The standard InChI is InChI=1S/C35H51N5O6Si/c1-10-12-15-31(41)38-30(22-45-47(8,9)35(5,6)7)32(42)37-23(3)33(43)40-18-13-14-29(39-40)34(44)46-24(4)25-16-17-26-21-36-28(11-2)20-27(26)19-25/h10-12,16-17,19-21,23-24,29-30,39H,2,13-15,18,22H2,1,3-9H3,(H,37,42)(H,38,41)/b12-10+/t23-,24+,29-,30-/m0/s1. The van der Waals surface area contributed by atoms with Crippen molar-refractivity contribution in [2.75, 3.05) is 13.2 Å². The van der Waals surface area contributed by atoms with Crippen molar-refractivity contribution >= 4 is 48.9 Å². The van der Waals surface area contributed by atoms with Crippen molar-refractivity contribution < 1.29 is 28.3 Å². The van der Waals surface area contributed by atoms with E-state index in [1.165, 1.54) is 5.01 Å². The van der Waals surface area contributed by atoms with Gasteiger partial charge in [-0.05, 0) is 80.9 Å². The Hall–Kier alpha value is -3.87. The van der Waals surface area contributed by atoms with E-state index < -0.39 is 50.3 Å². The van der Waals surface area contributed by atoms with E-state index in [0.717, 1.165) is 22.0 Å². The van der Waals surface area contributed by atoms with Crippen molar-refractivity contribution in [2.45, 2.75) is 103 Å². The summed E-state index contributed by atoms with van der Waals surface area (Å²) in [5, 5.41) is 8.69. The number of allylic oxidation sites excluding steroid dienone is 1. The fourth-order valence-corrected chi connectivity index (χ4v) is 5.78. The second-order valence-corrected chi connectivity index (χ2v) is 18.3. The lowest BCUT2D eigenvalue weighted by Gasteiger charge is -2.37.